The van der Waals surface area contributed by atoms with Gasteiger partial charge in [0.15, 0.2) is 0 Å². The van der Waals surface area contributed by atoms with Crippen LogP contribution >= 0.6 is 0 Å². The number of aromatic nitrogens is 2. The first-order valence-electron chi connectivity index (χ1n) is 6.91. The van der Waals surface area contributed by atoms with E-state index < -0.39 is 0 Å². The average Bonchev–Trinajstić information content (AvgIpc) is 2.84. The van der Waals surface area contributed by atoms with Crippen molar-refractivity contribution in [2.75, 3.05) is 0 Å². The van der Waals surface area contributed by atoms with Crippen LogP contribution in [0.15, 0.2) is 42.6 Å². The van der Waals surface area contributed by atoms with E-state index in [1.54, 1.807) is 12.1 Å². The second kappa shape index (κ2) is 5.05. The lowest BCUT2D eigenvalue weighted by atomic mass is 10.1. The predicted octanol–water partition coefficient (Wildman–Crippen LogP) is 3.14. The van der Waals surface area contributed by atoms with E-state index in [1.165, 1.54) is 12.1 Å². The minimum Gasteiger partial charge on any atom is -0.508 e. The zero-order valence-electron chi connectivity index (χ0n) is 12.0. The highest BCUT2D eigenvalue weighted by molar-refractivity contribution is 6.09. The monoisotopic (exact) mass is 280 g/mol. The Hall–Kier alpha value is -2.62. The molecule has 0 aliphatic carbocycles. The Morgan fingerprint density at radius 2 is 1.95 bits per heavy atom. The van der Waals surface area contributed by atoms with Gasteiger partial charge in [0.1, 0.15) is 17.1 Å². The molecule has 0 aliphatic rings. The third-order valence-corrected chi connectivity index (χ3v) is 3.53. The number of hydrogen-bond acceptors (Lipinski definition) is 3. The van der Waals surface area contributed by atoms with Gasteiger partial charge in [0.05, 0.1) is 5.69 Å². The smallest absolute Gasteiger partial charge is 0.211 e. The fourth-order valence-electron chi connectivity index (χ4n) is 2.43. The van der Waals surface area contributed by atoms with Crippen molar-refractivity contribution in [1.82, 2.24) is 9.38 Å². The summed E-state index contributed by atoms with van der Waals surface area (Å²) in [5.41, 5.74) is 3.83. The third kappa shape index (κ3) is 2.29. The lowest BCUT2D eigenvalue weighted by Gasteiger charge is -2.04. The molecule has 0 fully saturated rings. The normalized spacial score (nSPS) is 11.0. The number of rotatable bonds is 3. The molecule has 2 heterocycles. The van der Waals surface area contributed by atoms with Gasteiger partial charge in [-0.05, 0) is 55.3 Å². The van der Waals surface area contributed by atoms with E-state index in [0.717, 1.165) is 16.9 Å². The van der Waals surface area contributed by atoms with Gasteiger partial charge in [0.2, 0.25) is 5.78 Å². The van der Waals surface area contributed by atoms with Crippen LogP contribution in [0.3, 0.4) is 0 Å². The number of carbonyl (C=O) groups is 1. The van der Waals surface area contributed by atoms with Gasteiger partial charge in [-0.25, -0.2) is 4.98 Å². The van der Waals surface area contributed by atoms with Gasteiger partial charge in [-0.2, -0.15) is 0 Å². The van der Waals surface area contributed by atoms with Crippen LogP contribution in [0.4, 0.5) is 0 Å². The molecule has 0 spiro atoms. The minimum absolute atomic E-state index is 0.0804. The van der Waals surface area contributed by atoms with Gasteiger partial charge in [0.25, 0.3) is 0 Å². The first-order chi connectivity index (χ1) is 10.1. The number of ketones is 1. The maximum Gasteiger partial charge on any atom is 0.211 e. The lowest BCUT2D eigenvalue weighted by Crippen LogP contribution is -2.08. The molecule has 0 bridgehead atoms. The molecule has 1 N–H and O–H groups in total. The Balaban J connectivity index is 2.18. The van der Waals surface area contributed by atoms with Gasteiger partial charge < -0.3 is 5.11 Å². The van der Waals surface area contributed by atoms with Crippen LogP contribution in [0.1, 0.15) is 34.2 Å². The van der Waals surface area contributed by atoms with Crippen molar-refractivity contribution >= 4 is 11.4 Å². The standard InChI is InChI=1S/C17H16N2O2/c1-3-14-16(17(21)12-4-6-13(20)7-5-12)19-9-8-11(2)10-15(19)18-14/h4-10,20H,3H2,1-2H3. The average molecular weight is 280 g/mol. The van der Waals surface area contributed by atoms with Crippen LogP contribution in [0, 0.1) is 6.92 Å². The zero-order chi connectivity index (χ0) is 15.0. The summed E-state index contributed by atoms with van der Waals surface area (Å²) < 4.78 is 1.83. The van der Waals surface area contributed by atoms with Gasteiger partial charge in [-0.15, -0.1) is 0 Å². The largest absolute Gasteiger partial charge is 0.508 e. The number of aromatic hydroxyl groups is 1. The fraction of sp³-hybridized carbons (Fsp3) is 0.176. The molecule has 0 radical (unpaired) electrons. The van der Waals surface area contributed by atoms with Crippen molar-refractivity contribution in [3.05, 3.63) is 65.1 Å². The number of carbonyl (C=O) groups excluding carboxylic acids is 1. The molecule has 106 valence electrons. The molecule has 3 aromatic rings. The van der Waals surface area contributed by atoms with Crippen LogP contribution in [-0.4, -0.2) is 20.3 Å². The number of nitrogens with zero attached hydrogens (tertiary/aromatic N) is 2. The van der Waals surface area contributed by atoms with Gasteiger partial charge in [-0.1, -0.05) is 6.92 Å². The molecular weight excluding hydrogens is 264 g/mol. The lowest BCUT2D eigenvalue weighted by molar-refractivity contribution is 0.103. The Kier molecular flexibility index (Phi) is 3.22. The van der Waals surface area contributed by atoms with Crippen LogP contribution in [0.2, 0.25) is 0 Å². The number of benzene rings is 1. The van der Waals surface area contributed by atoms with Crippen LogP contribution in [0.25, 0.3) is 5.65 Å². The SMILES string of the molecule is CCc1nc2cc(C)ccn2c1C(=O)c1ccc(O)cc1. The molecule has 0 atom stereocenters. The van der Waals surface area contributed by atoms with E-state index in [4.69, 9.17) is 0 Å². The summed E-state index contributed by atoms with van der Waals surface area (Å²) in [7, 11) is 0. The van der Waals surface area contributed by atoms with E-state index in [1.807, 2.05) is 36.6 Å². The van der Waals surface area contributed by atoms with E-state index >= 15 is 0 Å². The Morgan fingerprint density at radius 1 is 1.24 bits per heavy atom. The van der Waals surface area contributed by atoms with Crippen molar-refractivity contribution in [3.8, 4) is 5.75 Å². The Morgan fingerprint density at radius 3 is 2.62 bits per heavy atom. The molecule has 0 unspecified atom stereocenters. The van der Waals surface area contributed by atoms with Gasteiger partial charge in [-0.3, -0.25) is 9.20 Å². The molecule has 0 amide bonds. The molecular formula is C17H16N2O2. The van der Waals surface area contributed by atoms with Crippen LogP contribution < -0.4 is 0 Å². The first-order valence-corrected chi connectivity index (χ1v) is 6.91. The number of phenolic OH excluding ortho intramolecular Hbond substituents is 1. The van der Waals surface area contributed by atoms with Crippen molar-refractivity contribution in [3.63, 3.8) is 0 Å². The van der Waals surface area contributed by atoms with Crippen molar-refractivity contribution in [2.24, 2.45) is 0 Å². The molecule has 21 heavy (non-hydrogen) atoms. The maximum absolute atomic E-state index is 12.8. The highest BCUT2D eigenvalue weighted by atomic mass is 16.3. The molecule has 1 aromatic carbocycles. The highest BCUT2D eigenvalue weighted by Gasteiger charge is 2.19. The number of imidazole rings is 1. The predicted molar refractivity (Wildman–Crippen MR) is 80.8 cm³/mol. The second-order valence-corrected chi connectivity index (χ2v) is 5.07. The number of fused-ring (bicyclic) bond motifs is 1. The molecule has 0 saturated carbocycles. The summed E-state index contributed by atoms with van der Waals surface area (Å²) in [6.45, 7) is 3.99. The van der Waals surface area contributed by atoms with Crippen LogP contribution in [0.5, 0.6) is 5.75 Å². The number of pyridine rings is 1. The third-order valence-electron chi connectivity index (χ3n) is 3.53. The van der Waals surface area contributed by atoms with E-state index in [9.17, 15) is 9.90 Å². The van der Waals surface area contributed by atoms with E-state index in [2.05, 4.69) is 4.98 Å². The number of aryl methyl sites for hydroxylation is 2. The quantitative estimate of drug-likeness (QED) is 0.750. The molecule has 4 nitrogen and oxygen atoms in total. The summed E-state index contributed by atoms with van der Waals surface area (Å²) in [6.07, 6.45) is 2.57. The van der Waals surface area contributed by atoms with Crippen molar-refractivity contribution in [2.45, 2.75) is 20.3 Å². The zero-order valence-corrected chi connectivity index (χ0v) is 12.0. The summed E-state index contributed by atoms with van der Waals surface area (Å²) >= 11 is 0. The fourth-order valence-corrected chi connectivity index (χ4v) is 2.43. The molecule has 4 heteroatoms. The summed E-state index contributed by atoms with van der Waals surface area (Å²) in [5, 5.41) is 9.34. The van der Waals surface area contributed by atoms with Gasteiger partial charge >= 0.3 is 0 Å². The Bertz CT molecular complexity index is 817. The summed E-state index contributed by atoms with van der Waals surface area (Å²) in [4.78, 5) is 17.3. The topological polar surface area (TPSA) is 54.6 Å². The molecule has 3 rings (SSSR count). The maximum atomic E-state index is 12.8. The van der Waals surface area contributed by atoms with E-state index in [0.29, 0.717) is 17.7 Å². The number of hydrogen-bond donors (Lipinski definition) is 1. The molecule has 0 saturated heterocycles. The van der Waals surface area contributed by atoms with Crippen LogP contribution in [-0.2, 0) is 6.42 Å². The molecule has 0 aliphatic heterocycles. The van der Waals surface area contributed by atoms with Gasteiger partial charge in [0, 0.05) is 11.8 Å². The van der Waals surface area contributed by atoms with Crippen molar-refractivity contribution in [1.29, 1.82) is 0 Å². The summed E-state index contributed by atoms with van der Waals surface area (Å²) in [6, 6.07) is 10.2. The first kappa shape index (κ1) is 13.4. The number of phenols is 1. The summed E-state index contributed by atoms with van der Waals surface area (Å²) in [5.74, 6) is 0.0687. The minimum atomic E-state index is -0.0804. The highest BCUT2D eigenvalue weighted by Crippen LogP contribution is 2.20. The molecule has 2 aromatic heterocycles. The van der Waals surface area contributed by atoms with Crippen molar-refractivity contribution < 1.29 is 9.90 Å². The second-order valence-electron chi connectivity index (χ2n) is 5.07. The van der Waals surface area contributed by atoms with E-state index in [-0.39, 0.29) is 11.5 Å². The Labute approximate surface area is 122 Å².